The summed E-state index contributed by atoms with van der Waals surface area (Å²) < 4.78 is 0.847. The van der Waals surface area contributed by atoms with Crippen molar-refractivity contribution < 1.29 is 19.8 Å². The summed E-state index contributed by atoms with van der Waals surface area (Å²) in [6, 6.07) is 0. The van der Waals surface area contributed by atoms with Crippen LogP contribution >= 0.6 is 22.6 Å². The number of carboxylic acids is 1. The van der Waals surface area contributed by atoms with E-state index in [4.69, 9.17) is 10.2 Å². The molecule has 86 valence electrons. The molecule has 2 N–H and O–H groups in total. The van der Waals surface area contributed by atoms with Gasteiger partial charge in [-0.2, -0.15) is 0 Å². The van der Waals surface area contributed by atoms with E-state index in [0.29, 0.717) is 6.54 Å². The van der Waals surface area contributed by atoms with E-state index in [1.807, 2.05) is 6.92 Å². The number of hydrogen-bond donors (Lipinski definition) is 2. The van der Waals surface area contributed by atoms with Crippen molar-refractivity contribution in [2.24, 2.45) is 17.8 Å². The normalized spacial score (nSPS) is 27.7. The monoisotopic (exact) mass is 327 g/mol. The number of alkyl halides is 1. The number of hydrogen-bond acceptors (Lipinski definition) is 2. The molecule has 0 aliphatic carbocycles. The molecule has 3 atom stereocenters. The SMILES string of the molecule is C[C@H](CI)C1CN(C(=O)O)CC1C(=O)O. The zero-order chi connectivity index (χ0) is 11.6. The summed E-state index contributed by atoms with van der Waals surface area (Å²) in [6.07, 6.45) is -1.02. The second-order valence-corrected chi connectivity index (χ2v) is 4.81. The molecule has 0 saturated carbocycles. The predicted molar refractivity (Wildman–Crippen MR) is 62.3 cm³/mol. The third kappa shape index (κ3) is 2.73. The van der Waals surface area contributed by atoms with Crippen LogP contribution in [0.4, 0.5) is 4.79 Å². The Labute approximate surface area is 102 Å². The Balaban J connectivity index is 2.76. The zero-order valence-corrected chi connectivity index (χ0v) is 10.5. The van der Waals surface area contributed by atoms with E-state index < -0.39 is 18.0 Å². The number of rotatable bonds is 3. The molecule has 1 aliphatic rings. The van der Waals surface area contributed by atoms with Crippen LogP contribution in [0.3, 0.4) is 0 Å². The summed E-state index contributed by atoms with van der Waals surface area (Å²) in [6.45, 7) is 2.44. The number of carbonyl (C=O) groups is 2. The number of carboxylic acid groups (broad SMARTS) is 2. The van der Waals surface area contributed by atoms with Gasteiger partial charge in [0, 0.05) is 17.5 Å². The molecule has 5 nitrogen and oxygen atoms in total. The summed E-state index contributed by atoms with van der Waals surface area (Å²) >= 11 is 2.20. The number of nitrogens with zero attached hydrogens (tertiary/aromatic N) is 1. The molecule has 1 rings (SSSR count). The lowest BCUT2D eigenvalue weighted by Gasteiger charge is -2.19. The first-order valence-electron chi connectivity index (χ1n) is 4.74. The molecular weight excluding hydrogens is 313 g/mol. The van der Waals surface area contributed by atoms with Crippen molar-refractivity contribution in [3.05, 3.63) is 0 Å². The third-order valence-corrected chi connectivity index (χ3v) is 4.32. The lowest BCUT2D eigenvalue weighted by molar-refractivity contribution is -0.142. The number of likely N-dealkylation sites (tertiary alicyclic amines) is 1. The van der Waals surface area contributed by atoms with E-state index in [2.05, 4.69) is 22.6 Å². The molecule has 1 amide bonds. The van der Waals surface area contributed by atoms with Gasteiger partial charge in [0.25, 0.3) is 0 Å². The Hall–Kier alpha value is -0.530. The van der Waals surface area contributed by atoms with Gasteiger partial charge >= 0.3 is 12.1 Å². The minimum Gasteiger partial charge on any atom is -0.481 e. The molecule has 0 spiro atoms. The second-order valence-electron chi connectivity index (χ2n) is 3.93. The molecule has 1 fully saturated rings. The highest BCUT2D eigenvalue weighted by molar-refractivity contribution is 14.1. The van der Waals surface area contributed by atoms with Crippen molar-refractivity contribution in [2.45, 2.75) is 6.92 Å². The Kier molecular flexibility index (Phi) is 4.18. The summed E-state index contributed by atoms with van der Waals surface area (Å²) in [5, 5.41) is 17.8. The van der Waals surface area contributed by atoms with Crippen LogP contribution < -0.4 is 0 Å². The summed E-state index contributed by atoms with van der Waals surface area (Å²) in [5.41, 5.74) is 0. The Morgan fingerprint density at radius 1 is 1.47 bits per heavy atom. The molecule has 0 aromatic heterocycles. The Morgan fingerprint density at radius 2 is 2.07 bits per heavy atom. The smallest absolute Gasteiger partial charge is 0.407 e. The lowest BCUT2D eigenvalue weighted by atomic mass is 9.86. The molecule has 1 saturated heterocycles. The summed E-state index contributed by atoms with van der Waals surface area (Å²) in [7, 11) is 0. The minimum absolute atomic E-state index is 0.0597. The molecule has 0 aromatic rings. The van der Waals surface area contributed by atoms with Crippen LogP contribution in [-0.4, -0.2) is 44.7 Å². The maximum Gasteiger partial charge on any atom is 0.407 e. The highest BCUT2D eigenvalue weighted by Gasteiger charge is 2.41. The van der Waals surface area contributed by atoms with Gasteiger partial charge in [-0.3, -0.25) is 4.79 Å². The van der Waals surface area contributed by atoms with E-state index in [-0.39, 0.29) is 18.4 Å². The van der Waals surface area contributed by atoms with Gasteiger partial charge in [-0.25, -0.2) is 4.79 Å². The molecule has 1 heterocycles. The van der Waals surface area contributed by atoms with Crippen molar-refractivity contribution in [1.82, 2.24) is 4.90 Å². The fourth-order valence-electron chi connectivity index (χ4n) is 1.94. The first kappa shape index (κ1) is 12.5. The molecule has 0 bridgehead atoms. The standard InChI is InChI=1S/C9H14INO4/c1-5(2-10)6-3-11(9(14)15)4-7(6)8(12)13/h5-7H,2-4H2,1H3,(H,12,13)(H,14,15)/t5-,6?,7?/m1/s1. The number of aliphatic carboxylic acids is 1. The first-order chi connectivity index (χ1) is 6.97. The minimum atomic E-state index is -1.02. The van der Waals surface area contributed by atoms with E-state index in [1.54, 1.807) is 0 Å². The van der Waals surface area contributed by atoms with E-state index >= 15 is 0 Å². The van der Waals surface area contributed by atoms with Gasteiger partial charge in [0.2, 0.25) is 0 Å². The zero-order valence-electron chi connectivity index (χ0n) is 8.39. The van der Waals surface area contributed by atoms with Crippen LogP contribution in [-0.2, 0) is 4.79 Å². The van der Waals surface area contributed by atoms with Gasteiger partial charge in [0.1, 0.15) is 0 Å². The quantitative estimate of drug-likeness (QED) is 0.606. The number of amides is 1. The van der Waals surface area contributed by atoms with Crippen molar-refractivity contribution in [3.63, 3.8) is 0 Å². The predicted octanol–water partition coefficient (Wildman–Crippen LogP) is 1.37. The maximum atomic E-state index is 11.0. The average molecular weight is 327 g/mol. The van der Waals surface area contributed by atoms with E-state index in [1.165, 1.54) is 4.90 Å². The number of halogens is 1. The molecule has 15 heavy (non-hydrogen) atoms. The summed E-state index contributed by atoms with van der Waals surface area (Å²) in [5.74, 6) is -1.27. The van der Waals surface area contributed by atoms with Crippen molar-refractivity contribution >= 4 is 34.7 Å². The average Bonchev–Trinajstić information content (AvgIpc) is 2.61. The second kappa shape index (κ2) is 5.00. The van der Waals surface area contributed by atoms with Gasteiger partial charge < -0.3 is 15.1 Å². The van der Waals surface area contributed by atoms with E-state index in [9.17, 15) is 9.59 Å². The highest BCUT2D eigenvalue weighted by atomic mass is 127. The molecule has 0 radical (unpaired) electrons. The topological polar surface area (TPSA) is 77.8 Å². The van der Waals surface area contributed by atoms with Gasteiger partial charge in [-0.05, 0) is 11.8 Å². The molecule has 2 unspecified atom stereocenters. The van der Waals surface area contributed by atoms with Gasteiger partial charge in [0.15, 0.2) is 0 Å². The molecule has 6 heteroatoms. The Morgan fingerprint density at radius 3 is 2.47 bits per heavy atom. The largest absolute Gasteiger partial charge is 0.481 e. The molecular formula is C9H14INO4. The molecule has 1 aliphatic heterocycles. The summed E-state index contributed by atoms with van der Waals surface area (Å²) in [4.78, 5) is 22.9. The van der Waals surface area contributed by atoms with Crippen molar-refractivity contribution in [1.29, 1.82) is 0 Å². The third-order valence-electron chi connectivity index (χ3n) is 2.93. The van der Waals surface area contributed by atoms with E-state index in [0.717, 1.165) is 4.43 Å². The first-order valence-corrected chi connectivity index (χ1v) is 6.26. The highest BCUT2D eigenvalue weighted by Crippen LogP contribution is 2.31. The van der Waals surface area contributed by atoms with Crippen LogP contribution in [0.5, 0.6) is 0 Å². The van der Waals surface area contributed by atoms with Crippen LogP contribution in [0.15, 0.2) is 0 Å². The fourth-order valence-corrected chi connectivity index (χ4v) is 2.59. The van der Waals surface area contributed by atoms with Crippen molar-refractivity contribution in [2.75, 3.05) is 17.5 Å². The van der Waals surface area contributed by atoms with Gasteiger partial charge in [-0.15, -0.1) is 0 Å². The fraction of sp³-hybridized carbons (Fsp3) is 0.778. The molecule has 0 aromatic carbocycles. The van der Waals surface area contributed by atoms with Crippen LogP contribution in [0.2, 0.25) is 0 Å². The van der Waals surface area contributed by atoms with Crippen molar-refractivity contribution in [3.8, 4) is 0 Å². The van der Waals surface area contributed by atoms with Gasteiger partial charge in [-0.1, -0.05) is 29.5 Å². The lowest BCUT2D eigenvalue weighted by Crippen LogP contribution is -2.28. The van der Waals surface area contributed by atoms with Crippen LogP contribution in [0, 0.1) is 17.8 Å². The van der Waals surface area contributed by atoms with Crippen LogP contribution in [0.1, 0.15) is 6.92 Å². The van der Waals surface area contributed by atoms with Gasteiger partial charge in [0.05, 0.1) is 5.92 Å². The Bertz CT molecular complexity index is 271. The van der Waals surface area contributed by atoms with Crippen LogP contribution in [0.25, 0.3) is 0 Å². The maximum absolute atomic E-state index is 11.0.